The number of nitrogens with zero attached hydrogens (tertiary/aromatic N) is 5. The number of hydrogen-bond acceptors (Lipinski definition) is 9. The molecular weight excluding hydrogens is 748 g/mol. The largest absolute Gasteiger partial charge is 0.465 e. The van der Waals surface area contributed by atoms with E-state index in [2.05, 4.69) is 31.0 Å². The maximum Gasteiger partial charge on any atom is 0.404 e. The molecule has 5 heterocycles. The number of likely N-dealkylation sites (tertiary alicyclic amines) is 3. The molecule has 2 aromatic rings. The first kappa shape index (κ1) is 40.2. The quantitative estimate of drug-likeness (QED) is 0.272. The molecule has 6 fully saturated rings. The highest BCUT2D eigenvalue weighted by Crippen LogP contribution is 2.51. The van der Waals surface area contributed by atoms with Gasteiger partial charge in [0.2, 0.25) is 5.91 Å². The lowest BCUT2D eigenvalue weighted by atomic mass is 9.57. The summed E-state index contributed by atoms with van der Waals surface area (Å²) in [6, 6.07) is 14.3. The van der Waals surface area contributed by atoms with Crippen LogP contribution in [0.4, 0.5) is 14.9 Å². The van der Waals surface area contributed by atoms with Gasteiger partial charge in [0.25, 0.3) is 0 Å². The van der Waals surface area contributed by atoms with Crippen molar-refractivity contribution >= 4 is 27.5 Å². The number of benzene rings is 2. The van der Waals surface area contributed by atoms with Crippen LogP contribution in [-0.4, -0.2) is 155 Å². The first-order valence-electron chi connectivity index (χ1n) is 21.1. The summed E-state index contributed by atoms with van der Waals surface area (Å²) in [4.78, 5) is 36.0. The topological polar surface area (TPSA) is 126 Å². The zero-order chi connectivity index (χ0) is 39.6. The van der Waals surface area contributed by atoms with E-state index in [0.29, 0.717) is 36.5 Å². The van der Waals surface area contributed by atoms with Gasteiger partial charge in [-0.25, -0.2) is 17.6 Å². The van der Waals surface area contributed by atoms with Crippen molar-refractivity contribution in [2.24, 2.45) is 17.8 Å². The Hall–Kier alpha value is -3.56. The van der Waals surface area contributed by atoms with Gasteiger partial charge >= 0.3 is 6.09 Å². The van der Waals surface area contributed by atoms with Gasteiger partial charge in [-0.2, -0.15) is 0 Å². The number of piperidine rings is 1. The fourth-order valence-corrected chi connectivity index (χ4v) is 12.3. The van der Waals surface area contributed by atoms with Gasteiger partial charge in [-0.05, 0) is 112 Å². The number of ether oxygens (including phenoxy) is 1. The van der Waals surface area contributed by atoms with Crippen LogP contribution in [0.3, 0.4) is 0 Å². The zero-order valence-corrected chi connectivity index (χ0v) is 33.8. The second-order valence-corrected chi connectivity index (χ2v) is 19.6. The average molecular weight is 807 g/mol. The van der Waals surface area contributed by atoms with E-state index in [1.807, 2.05) is 24.3 Å². The van der Waals surface area contributed by atoms with E-state index in [9.17, 15) is 27.5 Å². The smallest absolute Gasteiger partial charge is 0.404 e. The molecule has 2 amide bonds. The standard InChI is InChI=1S/C43H59FN6O6S/c44-35-6-1-5-34(25-35)43(31-48-17-4-18-48,39-7-2-8-40(39)45-42(52)53)33-14-19-47(20-15-33)26-32-27-49(28-32)36-10-12-37(13-11-36)57(54,55)38-29-50(30-38)41(51)9-3-16-46-21-23-56-24-22-46/h1,3,5-6,9-13,25,32-33,38-40,45H,2,4,7-8,14-24,26-31H2,(H,52,53)/b9-3+/t39-,40-,43?/m0/s1. The van der Waals surface area contributed by atoms with E-state index in [1.54, 1.807) is 29.2 Å². The van der Waals surface area contributed by atoms with Crippen LogP contribution < -0.4 is 10.2 Å². The number of carbonyl (C=O) groups excluding carboxylic acids is 1. The molecule has 57 heavy (non-hydrogen) atoms. The second-order valence-electron chi connectivity index (χ2n) is 17.3. The third-order valence-corrected chi connectivity index (χ3v) is 16.0. The van der Waals surface area contributed by atoms with Crippen molar-refractivity contribution in [3.63, 3.8) is 0 Å². The Kier molecular flexibility index (Phi) is 12.2. The average Bonchev–Trinajstić information content (AvgIpc) is 3.60. The minimum absolute atomic E-state index is 0.111. The summed E-state index contributed by atoms with van der Waals surface area (Å²) in [5.74, 6) is 0.565. The van der Waals surface area contributed by atoms with Crippen LogP contribution in [0.15, 0.2) is 65.6 Å². The van der Waals surface area contributed by atoms with E-state index in [-0.39, 0.29) is 42.2 Å². The molecule has 5 saturated heterocycles. The molecular formula is C43H59FN6O6S. The number of hydrogen-bond donors (Lipinski definition) is 2. The van der Waals surface area contributed by atoms with Gasteiger partial charge in [0, 0.05) is 88.0 Å². The molecule has 0 spiro atoms. The Labute approximate surface area is 336 Å². The van der Waals surface area contributed by atoms with Crippen molar-refractivity contribution in [3.8, 4) is 0 Å². The molecule has 3 atom stereocenters. The second kappa shape index (κ2) is 17.3. The highest BCUT2D eigenvalue weighted by atomic mass is 32.2. The molecule has 1 unspecified atom stereocenters. The van der Waals surface area contributed by atoms with Crippen LogP contribution >= 0.6 is 0 Å². The summed E-state index contributed by atoms with van der Waals surface area (Å²) >= 11 is 0. The van der Waals surface area contributed by atoms with Gasteiger partial charge in [0.15, 0.2) is 9.84 Å². The predicted octanol–water partition coefficient (Wildman–Crippen LogP) is 3.93. The monoisotopic (exact) mass is 806 g/mol. The first-order chi connectivity index (χ1) is 27.6. The number of nitrogens with one attached hydrogen (secondary N) is 1. The van der Waals surface area contributed by atoms with Gasteiger partial charge in [-0.3, -0.25) is 9.69 Å². The number of anilines is 1. The maximum atomic E-state index is 15.0. The van der Waals surface area contributed by atoms with Gasteiger partial charge in [0.05, 0.1) is 18.1 Å². The molecule has 12 nitrogen and oxygen atoms in total. The summed E-state index contributed by atoms with van der Waals surface area (Å²) in [5.41, 5.74) is 1.71. The summed E-state index contributed by atoms with van der Waals surface area (Å²) < 4.78 is 47.1. The predicted molar refractivity (Wildman–Crippen MR) is 217 cm³/mol. The molecule has 5 aliphatic heterocycles. The summed E-state index contributed by atoms with van der Waals surface area (Å²) in [7, 11) is -3.54. The van der Waals surface area contributed by atoms with E-state index >= 15 is 0 Å². The van der Waals surface area contributed by atoms with Crippen LogP contribution in [-0.2, 0) is 24.8 Å². The fourth-order valence-electron chi connectivity index (χ4n) is 10.6. The van der Waals surface area contributed by atoms with Gasteiger partial charge < -0.3 is 34.8 Å². The molecule has 6 aliphatic rings. The van der Waals surface area contributed by atoms with Crippen LogP contribution in [0.25, 0.3) is 0 Å². The highest BCUT2D eigenvalue weighted by Gasteiger charge is 2.53. The Morgan fingerprint density at radius 2 is 1.61 bits per heavy atom. The molecule has 2 aromatic carbocycles. The van der Waals surface area contributed by atoms with E-state index in [0.717, 1.165) is 109 Å². The molecule has 0 bridgehead atoms. The molecule has 310 valence electrons. The third-order valence-electron chi connectivity index (χ3n) is 13.9. The third kappa shape index (κ3) is 8.76. The molecule has 0 radical (unpaired) electrons. The van der Waals surface area contributed by atoms with E-state index in [1.165, 1.54) is 12.5 Å². The molecule has 0 aromatic heterocycles. The number of sulfone groups is 1. The number of rotatable bonds is 14. The number of carboxylic acid groups (broad SMARTS) is 1. The van der Waals surface area contributed by atoms with Crippen molar-refractivity contribution in [1.82, 2.24) is 24.9 Å². The van der Waals surface area contributed by atoms with Crippen LogP contribution in [0, 0.1) is 23.6 Å². The fraction of sp³-hybridized carbons (Fsp3) is 0.628. The normalized spacial score (nSPS) is 25.8. The van der Waals surface area contributed by atoms with Crippen molar-refractivity contribution in [2.45, 2.75) is 60.1 Å². The summed E-state index contributed by atoms with van der Waals surface area (Å²) in [5, 5.41) is 12.1. The lowest BCUT2D eigenvalue weighted by molar-refractivity contribution is -0.129. The summed E-state index contributed by atoms with van der Waals surface area (Å²) in [6.07, 6.45) is 8.30. The zero-order valence-electron chi connectivity index (χ0n) is 33.0. The van der Waals surface area contributed by atoms with Gasteiger partial charge in [-0.1, -0.05) is 24.6 Å². The Balaban J connectivity index is 0.835. The van der Waals surface area contributed by atoms with Crippen LogP contribution in [0.1, 0.15) is 44.1 Å². The van der Waals surface area contributed by atoms with Crippen molar-refractivity contribution in [2.75, 3.05) is 103 Å². The number of carbonyl (C=O) groups is 2. The minimum Gasteiger partial charge on any atom is -0.465 e. The van der Waals surface area contributed by atoms with Crippen molar-refractivity contribution in [3.05, 3.63) is 72.1 Å². The lowest BCUT2D eigenvalue weighted by Gasteiger charge is -2.54. The van der Waals surface area contributed by atoms with Gasteiger partial charge in [-0.15, -0.1) is 0 Å². The van der Waals surface area contributed by atoms with Gasteiger partial charge in [0.1, 0.15) is 11.1 Å². The minimum atomic E-state index is -3.54. The van der Waals surface area contributed by atoms with Crippen LogP contribution in [0.5, 0.6) is 0 Å². The van der Waals surface area contributed by atoms with Crippen LogP contribution in [0.2, 0.25) is 0 Å². The lowest BCUT2D eigenvalue weighted by Crippen LogP contribution is -2.60. The highest BCUT2D eigenvalue weighted by molar-refractivity contribution is 7.92. The molecule has 1 saturated carbocycles. The SMILES string of the molecule is O=C(O)N[C@H]1CCC[C@@H]1C(CN1CCC1)(c1cccc(F)c1)C1CCN(CC2CN(c3ccc(S(=O)(=O)C4CN(C(=O)/C=C/CN5CCOCC5)C4)cc3)C2)CC1. The number of amides is 2. The van der Waals surface area contributed by atoms with E-state index < -0.39 is 21.2 Å². The first-order valence-corrected chi connectivity index (χ1v) is 22.7. The molecule has 8 rings (SSSR count). The molecule has 2 N–H and O–H groups in total. The Morgan fingerprint density at radius 3 is 2.28 bits per heavy atom. The Bertz CT molecular complexity index is 1850. The molecule has 1 aliphatic carbocycles. The van der Waals surface area contributed by atoms with Crippen molar-refractivity contribution < 1.29 is 32.2 Å². The maximum absolute atomic E-state index is 15.0. The Morgan fingerprint density at radius 1 is 0.877 bits per heavy atom. The molecule has 14 heteroatoms. The number of halogens is 1. The summed E-state index contributed by atoms with van der Waals surface area (Å²) in [6.45, 7) is 11.9. The van der Waals surface area contributed by atoms with E-state index in [4.69, 9.17) is 4.74 Å². The number of morpholine rings is 1. The van der Waals surface area contributed by atoms with Crippen molar-refractivity contribution in [1.29, 1.82) is 0 Å².